The molecule has 3 nitrogen and oxygen atoms in total. The van der Waals surface area contributed by atoms with Crippen LogP contribution in [0.15, 0.2) is 23.2 Å². The molecule has 0 fully saturated rings. The highest BCUT2D eigenvalue weighted by Gasteiger charge is 2.33. The van der Waals surface area contributed by atoms with Crippen molar-refractivity contribution in [2.45, 2.75) is 21.6 Å². The van der Waals surface area contributed by atoms with E-state index in [-0.39, 0.29) is 43.6 Å². The maximum absolute atomic E-state index is 13.5. The van der Waals surface area contributed by atoms with E-state index in [0.717, 1.165) is 10.8 Å². The first-order valence-electron chi connectivity index (χ1n) is 6.46. The lowest BCUT2D eigenvalue weighted by atomic mass is 10.2. The minimum absolute atomic E-state index is 0.0592. The summed E-state index contributed by atoms with van der Waals surface area (Å²) >= 11 is 22.7. The second-order valence-corrected chi connectivity index (χ2v) is 8.49. The van der Waals surface area contributed by atoms with E-state index in [4.69, 9.17) is 46.4 Å². The molecule has 0 atom stereocenters. The molecule has 140 valence electrons. The summed E-state index contributed by atoms with van der Waals surface area (Å²) in [5.74, 6) is 0. The quantitative estimate of drug-likeness (QED) is 0.325. The number of thioether (sulfide) groups is 1. The number of aliphatic hydroxyl groups excluding tert-OH is 1. The Morgan fingerprint density at radius 2 is 1.69 bits per heavy atom. The van der Waals surface area contributed by atoms with Crippen molar-refractivity contribution in [3.05, 3.63) is 45.2 Å². The molecule has 0 amide bonds. The summed E-state index contributed by atoms with van der Waals surface area (Å²) in [5, 5.41) is 18.0. The maximum Gasteiger partial charge on any atom is 0.416 e. The second kappa shape index (κ2) is 7.66. The van der Waals surface area contributed by atoms with Crippen molar-refractivity contribution in [2.75, 3.05) is 0 Å². The number of hydrogen-bond donors (Lipinski definition) is 1. The lowest BCUT2D eigenvalue weighted by Crippen LogP contribution is -2.07. The number of halogens is 8. The normalized spacial score (nSPS) is 12.3. The van der Waals surface area contributed by atoms with Gasteiger partial charge in [-0.15, -0.1) is 0 Å². The molecule has 0 aliphatic carbocycles. The van der Waals surface area contributed by atoms with Crippen LogP contribution in [0.25, 0.3) is 5.69 Å². The molecule has 1 heterocycles. The first-order valence-corrected chi connectivity index (χ1v) is 8.79. The van der Waals surface area contributed by atoms with Crippen molar-refractivity contribution in [1.82, 2.24) is 4.57 Å². The lowest BCUT2D eigenvalue weighted by molar-refractivity contribution is -0.137. The van der Waals surface area contributed by atoms with Gasteiger partial charge in [-0.05, 0) is 23.9 Å². The Hall–Kier alpha value is -0.820. The largest absolute Gasteiger partial charge is 0.416 e. The van der Waals surface area contributed by atoms with Crippen LogP contribution in [-0.4, -0.2) is 13.6 Å². The predicted molar refractivity (Wildman–Crippen MR) is 92.8 cm³/mol. The summed E-state index contributed by atoms with van der Waals surface area (Å²) in [6.45, 7) is -0.707. The fraction of sp³-hybridized carbons (Fsp3) is 0.214. The minimum Gasteiger partial charge on any atom is -0.390 e. The molecule has 0 aliphatic heterocycles. The van der Waals surface area contributed by atoms with Crippen LogP contribution in [0.1, 0.15) is 16.8 Å². The van der Waals surface area contributed by atoms with E-state index < -0.39 is 22.3 Å². The Balaban J connectivity index is 2.72. The molecule has 1 aromatic carbocycles. The Kier molecular flexibility index (Phi) is 6.33. The standard InChI is InChI=1S/C14H6Cl4F4N2OS/c15-8-1-6(13(19,20)21)2-9(16)12(8)24-4-11(26-14(17,18)22)7(3-23)10(24)5-25/h1-2,4,25H,5H2. The van der Waals surface area contributed by atoms with Crippen LogP contribution in [0, 0.1) is 11.3 Å². The van der Waals surface area contributed by atoms with Crippen LogP contribution in [0.2, 0.25) is 10.0 Å². The third-order valence-corrected chi connectivity index (χ3v) is 4.94. The SMILES string of the molecule is N#Cc1c(SC(F)(Cl)Cl)cn(-c2c(Cl)cc(C(F)(F)F)cc2Cl)c1CO. The van der Waals surface area contributed by atoms with Gasteiger partial charge >= 0.3 is 10.1 Å². The number of aliphatic hydroxyl groups is 1. The molecule has 0 spiro atoms. The fourth-order valence-corrected chi connectivity index (χ4v) is 4.00. The molecule has 0 unspecified atom stereocenters. The molecule has 2 rings (SSSR count). The van der Waals surface area contributed by atoms with Crippen molar-refractivity contribution in [2.24, 2.45) is 0 Å². The molecular formula is C14H6Cl4F4N2OS. The molecule has 0 saturated carbocycles. The highest BCUT2D eigenvalue weighted by Crippen LogP contribution is 2.45. The van der Waals surface area contributed by atoms with Gasteiger partial charge in [0.1, 0.15) is 6.07 Å². The summed E-state index contributed by atoms with van der Waals surface area (Å²) in [4.78, 5) is -0.0592. The van der Waals surface area contributed by atoms with Gasteiger partial charge in [0.05, 0.1) is 39.2 Å². The Morgan fingerprint density at radius 1 is 1.15 bits per heavy atom. The average molecular weight is 468 g/mol. The first-order chi connectivity index (χ1) is 11.9. The van der Waals surface area contributed by atoms with Crippen LogP contribution in [0.5, 0.6) is 0 Å². The predicted octanol–water partition coefficient (Wildman–Crippen LogP) is 6.32. The number of alkyl halides is 6. The molecule has 0 aliphatic rings. The van der Waals surface area contributed by atoms with Gasteiger partial charge in [-0.3, -0.25) is 0 Å². The molecule has 1 aromatic heterocycles. The van der Waals surface area contributed by atoms with E-state index in [1.165, 1.54) is 0 Å². The molecular weight excluding hydrogens is 462 g/mol. The van der Waals surface area contributed by atoms with Crippen molar-refractivity contribution < 1.29 is 22.7 Å². The van der Waals surface area contributed by atoms with Gasteiger partial charge in [-0.2, -0.15) is 22.8 Å². The van der Waals surface area contributed by atoms with E-state index in [9.17, 15) is 27.9 Å². The number of aromatic nitrogens is 1. The Bertz CT molecular complexity index is 864. The van der Waals surface area contributed by atoms with E-state index in [0.29, 0.717) is 12.1 Å². The van der Waals surface area contributed by atoms with Crippen LogP contribution >= 0.6 is 58.2 Å². The van der Waals surface area contributed by atoms with Gasteiger partial charge < -0.3 is 9.67 Å². The van der Waals surface area contributed by atoms with E-state index in [1.807, 2.05) is 0 Å². The summed E-state index contributed by atoms with van der Waals surface area (Å²) in [6.07, 6.45) is -3.53. The summed E-state index contributed by atoms with van der Waals surface area (Å²) in [6, 6.07) is 3.04. The molecule has 0 radical (unpaired) electrons. The van der Waals surface area contributed by atoms with Gasteiger partial charge in [0.15, 0.2) is 0 Å². The average Bonchev–Trinajstić information content (AvgIpc) is 2.80. The number of rotatable bonds is 4. The molecule has 2 aromatic rings. The van der Waals surface area contributed by atoms with Crippen LogP contribution in [-0.2, 0) is 12.8 Å². The Morgan fingerprint density at radius 3 is 2.08 bits per heavy atom. The summed E-state index contributed by atoms with van der Waals surface area (Å²) in [7, 11) is 0. The number of hydrogen-bond acceptors (Lipinski definition) is 3. The zero-order chi connectivity index (χ0) is 19.9. The van der Waals surface area contributed by atoms with E-state index >= 15 is 0 Å². The van der Waals surface area contributed by atoms with Gasteiger partial charge in [-0.25, -0.2) is 0 Å². The number of benzene rings is 1. The Labute approximate surface area is 169 Å². The minimum atomic E-state index is -4.67. The zero-order valence-electron chi connectivity index (χ0n) is 12.2. The van der Waals surface area contributed by atoms with E-state index in [2.05, 4.69) is 0 Å². The fourth-order valence-electron chi connectivity index (χ4n) is 2.16. The van der Waals surface area contributed by atoms with Crippen molar-refractivity contribution in [1.29, 1.82) is 5.26 Å². The molecule has 0 saturated heterocycles. The van der Waals surface area contributed by atoms with Crippen LogP contribution in [0.3, 0.4) is 0 Å². The summed E-state index contributed by atoms with van der Waals surface area (Å²) in [5.41, 5.74) is -1.44. The van der Waals surface area contributed by atoms with Gasteiger partial charge in [0, 0.05) is 11.1 Å². The summed E-state index contributed by atoms with van der Waals surface area (Å²) < 4.78 is 50.4. The third kappa shape index (κ3) is 4.53. The molecule has 0 bridgehead atoms. The monoisotopic (exact) mass is 466 g/mol. The van der Waals surface area contributed by atoms with Crippen LogP contribution < -0.4 is 0 Å². The smallest absolute Gasteiger partial charge is 0.390 e. The topological polar surface area (TPSA) is 49.0 Å². The van der Waals surface area contributed by atoms with E-state index in [1.54, 1.807) is 6.07 Å². The molecule has 26 heavy (non-hydrogen) atoms. The van der Waals surface area contributed by atoms with Gasteiger partial charge in [-0.1, -0.05) is 46.4 Å². The first kappa shape index (κ1) is 21.5. The van der Waals surface area contributed by atoms with Gasteiger partial charge in [0.25, 0.3) is 0 Å². The molecule has 1 N–H and O–H groups in total. The zero-order valence-corrected chi connectivity index (χ0v) is 16.1. The van der Waals surface area contributed by atoms with Gasteiger partial charge in [0.2, 0.25) is 0 Å². The molecule has 12 heteroatoms. The van der Waals surface area contributed by atoms with Crippen molar-refractivity contribution >= 4 is 58.2 Å². The highest BCUT2D eigenvalue weighted by atomic mass is 35.5. The van der Waals surface area contributed by atoms with Crippen molar-refractivity contribution in [3.8, 4) is 11.8 Å². The lowest BCUT2D eigenvalue weighted by Gasteiger charge is -2.15. The number of nitriles is 1. The highest BCUT2D eigenvalue weighted by molar-refractivity contribution is 8.03. The van der Waals surface area contributed by atoms with Crippen LogP contribution in [0.4, 0.5) is 17.6 Å². The second-order valence-electron chi connectivity index (χ2n) is 4.79. The number of nitrogens with zero attached hydrogens (tertiary/aromatic N) is 2. The maximum atomic E-state index is 13.5. The van der Waals surface area contributed by atoms with Crippen molar-refractivity contribution in [3.63, 3.8) is 0 Å². The third-order valence-electron chi connectivity index (χ3n) is 3.14.